The van der Waals surface area contributed by atoms with Crippen LogP contribution in [0.3, 0.4) is 0 Å². The zero-order valence-corrected chi connectivity index (χ0v) is 9.95. The minimum Gasteiger partial charge on any atom is -0.384 e. The van der Waals surface area contributed by atoms with Crippen molar-refractivity contribution in [3.63, 3.8) is 0 Å². The Hall–Kier alpha value is -2.37. The Labute approximate surface area is 104 Å². The maximum atomic E-state index is 11.9. The summed E-state index contributed by atoms with van der Waals surface area (Å²) in [5, 5.41) is 12.5. The second-order valence-corrected chi connectivity index (χ2v) is 4.25. The maximum Gasteiger partial charge on any atom is 0.295 e. The Balaban J connectivity index is 1.78. The van der Waals surface area contributed by atoms with Crippen LogP contribution in [0.25, 0.3) is 0 Å². The Kier molecular flexibility index (Phi) is 2.47. The molecular weight excluding hydrogens is 230 g/mol. The van der Waals surface area contributed by atoms with Crippen LogP contribution in [0.15, 0.2) is 18.2 Å². The first-order valence-corrected chi connectivity index (χ1v) is 5.79. The molecule has 6 nitrogen and oxygen atoms in total. The van der Waals surface area contributed by atoms with Crippen molar-refractivity contribution in [2.45, 2.75) is 13.3 Å². The molecule has 1 aromatic heterocycles. The number of aryl methyl sites for hydroxylation is 1. The molecule has 2 heterocycles. The highest BCUT2D eigenvalue weighted by atomic mass is 16.2. The van der Waals surface area contributed by atoms with E-state index in [4.69, 9.17) is 0 Å². The van der Waals surface area contributed by atoms with E-state index in [1.54, 1.807) is 6.92 Å². The first kappa shape index (κ1) is 10.8. The van der Waals surface area contributed by atoms with Gasteiger partial charge in [0.2, 0.25) is 5.82 Å². The number of benzene rings is 1. The van der Waals surface area contributed by atoms with Crippen LogP contribution in [0, 0.1) is 6.92 Å². The number of hydrogen-bond donors (Lipinski definition) is 3. The van der Waals surface area contributed by atoms with Crippen LogP contribution in [0.1, 0.15) is 22.0 Å². The predicted molar refractivity (Wildman–Crippen MR) is 67.7 cm³/mol. The molecule has 0 saturated carbocycles. The fraction of sp³-hybridized carbons (Fsp3) is 0.250. The Morgan fingerprint density at radius 3 is 3.11 bits per heavy atom. The Morgan fingerprint density at radius 2 is 2.33 bits per heavy atom. The second kappa shape index (κ2) is 4.14. The number of hydrogen-bond acceptors (Lipinski definition) is 4. The third-order valence-electron chi connectivity index (χ3n) is 2.87. The van der Waals surface area contributed by atoms with Crippen LogP contribution in [0.4, 0.5) is 11.4 Å². The standard InChI is InChI=1S/C12H13N5O/c1-7-14-11(17-16-7)12(18)15-9-2-3-10-8(6-9)4-5-13-10/h2-3,6,13H,4-5H2,1H3,(H,15,18)(H,14,16,17). The summed E-state index contributed by atoms with van der Waals surface area (Å²) in [6.07, 6.45) is 0.985. The summed E-state index contributed by atoms with van der Waals surface area (Å²) in [6.45, 7) is 2.71. The van der Waals surface area contributed by atoms with Gasteiger partial charge in [-0.15, -0.1) is 5.10 Å². The topological polar surface area (TPSA) is 82.7 Å². The van der Waals surface area contributed by atoms with Gasteiger partial charge in [0.15, 0.2) is 0 Å². The summed E-state index contributed by atoms with van der Waals surface area (Å²) in [6, 6.07) is 5.82. The van der Waals surface area contributed by atoms with Gasteiger partial charge < -0.3 is 10.6 Å². The number of aromatic nitrogens is 3. The summed E-state index contributed by atoms with van der Waals surface area (Å²) in [7, 11) is 0. The van der Waals surface area contributed by atoms with Gasteiger partial charge in [-0.2, -0.15) is 0 Å². The fourth-order valence-electron chi connectivity index (χ4n) is 2.01. The molecule has 0 bridgehead atoms. The minimum atomic E-state index is -0.301. The highest BCUT2D eigenvalue weighted by Crippen LogP contribution is 2.25. The zero-order chi connectivity index (χ0) is 12.5. The lowest BCUT2D eigenvalue weighted by atomic mass is 10.1. The van der Waals surface area contributed by atoms with Crippen LogP contribution in [0.5, 0.6) is 0 Å². The van der Waals surface area contributed by atoms with Crippen LogP contribution in [-0.2, 0) is 6.42 Å². The molecule has 0 aliphatic carbocycles. The number of rotatable bonds is 2. The quantitative estimate of drug-likeness (QED) is 0.743. The molecule has 2 aromatic rings. The fourth-order valence-corrected chi connectivity index (χ4v) is 2.01. The van der Waals surface area contributed by atoms with Crippen molar-refractivity contribution in [3.05, 3.63) is 35.4 Å². The van der Waals surface area contributed by atoms with Crippen molar-refractivity contribution in [2.75, 3.05) is 17.2 Å². The Bertz CT molecular complexity index is 604. The lowest BCUT2D eigenvalue weighted by Gasteiger charge is -2.05. The van der Waals surface area contributed by atoms with Gasteiger partial charge in [-0.3, -0.25) is 9.89 Å². The van der Waals surface area contributed by atoms with Crippen molar-refractivity contribution in [1.82, 2.24) is 15.2 Å². The van der Waals surface area contributed by atoms with E-state index >= 15 is 0 Å². The van der Waals surface area contributed by atoms with Gasteiger partial charge in [0.05, 0.1) is 0 Å². The minimum absolute atomic E-state index is 0.158. The van der Waals surface area contributed by atoms with Crippen LogP contribution in [-0.4, -0.2) is 27.6 Å². The van der Waals surface area contributed by atoms with E-state index in [9.17, 15) is 4.79 Å². The molecule has 0 spiro atoms. The lowest BCUT2D eigenvalue weighted by molar-refractivity contribution is 0.101. The number of carbonyl (C=O) groups is 1. The molecule has 1 aliphatic heterocycles. The van der Waals surface area contributed by atoms with E-state index in [2.05, 4.69) is 25.8 Å². The summed E-state index contributed by atoms with van der Waals surface area (Å²) in [5.41, 5.74) is 3.13. The van der Waals surface area contributed by atoms with Gasteiger partial charge in [0, 0.05) is 17.9 Å². The zero-order valence-electron chi connectivity index (χ0n) is 9.95. The van der Waals surface area contributed by atoms with Gasteiger partial charge in [-0.1, -0.05) is 0 Å². The van der Waals surface area contributed by atoms with Crippen LogP contribution < -0.4 is 10.6 Å². The first-order chi connectivity index (χ1) is 8.72. The molecule has 6 heteroatoms. The second-order valence-electron chi connectivity index (χ2n) is 4.25. The average molecular weight is 243 g/mol. The third kappa shape index (κ3) is 1.92. The third-order valence-corrected chi connectivity index (χ3v) is 2.87. The number of nitrogens with one attached hydrogen (secondary N) is 3. The molecule has 92 valence electrons. The van der Waals surface area contributed by atoms with E-state index in [0.717, 1.165) is 24.3 Å². The highest BCUT2D eigenvalue weighted by molar-refractivity contribution is 6.01. The van der Waals surface area contributed by atoms with Gasteiger partial charge in [-0.25, -0.2) is 4.98 Å². The van der Waals surface area contributed by atoms with E-state index in [1.165, 1.54) is 5.56 Å². The largest absolute Gasteiger partial charge is 0.384 e. The molecule has 0 unspecified atom stereocenters. The van der Waals surface area contributed by atoms with Gasteiger partial charge >= 0.3 is 0 Å². The first-order valence-electron chi connectivity index (χ1n) is 5.79. The number of aromatic amines is 1. The van der Waals surface area contributed by atoms with Crippen molar-refractivity contribution in [3.8, 4) is 0 Å². The smallest absolute Gasteiger partial charge is 0.295 e. The number of amides is 1. The molecule has 18 heavy (non-hydrogen) atoms. The normalized spacial score (nSPS) is 12.9. The average Bonchev–Trinajstić information content (AvgIpc) is 2.96. The number of anilines is 2. The summed E-state index contributed by atoms with van der Waals surface area (Å²) < 4.78 is 0. The van der Waals surface area contributed by atoms with E-state index < -0.39 is 0 Å². The van der Waals surface area contributed by atoms with Gasteiger partial charge in [0.1, 0.15) is 5.82 Å². The van der Waals surface area contributed by atoms with E-state index in [0.29, 0.717) is 5.82 Å². The van der Waals surface area contributed by atoms with Gasteiger partial charge in [0.25, 0.3) is 5.91 Å². The summed E-state index contributed by atoms with van der Waals surface area (Å²) >= 11 is 0. The molecule has 0 atom stereocenters. The van der Waals surface area contributed by atoms with E-state index in [-0.39, 0.29) is 11.7 Å². The molecule has 0 saturated heterocycles. The van der Waals surface area contributed by atoms with Crippen molar-refractivity contribution in [2.24, 2.45) is 0 Å². The van der Waals surface area contributed by atoms with Crippen molar-refractivity contribution in [1.29, 1.82) is 0 Å². The molecule has 3 N–H and O–H groups in total. The number of fused-ring (bicyclic) bond motifs is 1. The Morgan fingerprint density at radius 1 is 1.44 bits per heavy atom. The van der Waals surface area contributed by atoms with Crippen LogP contribution >= 0.6 is 0 Å². The summed E-state index contributed by atoms with van der Waals surface area (Å²) in [5.74, 6) is 0.481. The van der Waals surface area contributed by atoms with E-state index in [1.807, 2.05) is 18.2 Å². The SMILES string of the molecule is Cc1nc(C(=O)Nc2ccc3c(c2)CCN3)n[nH]1. The maximum absolute atomic E-state index is 11.9. The van der Waals surface area contributed by atoms with Crippen LogP contribution in [0.2, 0.25) is 0 Å². The number of carbonyl (C=O) groups excluding carboxylic acids is 1. The van der Waals surface area contributed by atoms with Gasteiger partial charge in [-0.05, 0) is 37.1 Å². The monoisotopic (exact) mass is 243 g/mol. The highest BCUT2D eigenvalue weighted by Gasteiger charge is 2.14. The molecular formula is C12H13N5O. The molecule has 1 aliphatic rings. The molecule has 3 rings (SSSR count). The molecule has 0 radical (unpaired) electrons. The predicted octanol–water partition coefficient (Wildman–Crippen LogP) is 1.33. The molecule has 0 fully saturated rings. The van der Waals surface area contributed by atoms with Crippen molar-refractivity contribution >= 4 is 17.3 Å². The number of H-pyrrole nitrogens is 1. The molecule has 1 amide bonds. The lowest BCUT2D eigenvalue weighted by Crippen LogP contribution is -2.13. The number of nitrogens with zero attached hydrogens (tertiary/aromatic N) is 2. The summed E-state index contributed by atoms with van der Waals surface area (Å²) in [4.78, 5) is 15.8. The van der Waals surface area contributed by atoms with Crippen molar-refractivity contribution < 1.29 is 4.79 Å². The molecule has 1 aromatic carbocycles.